The largest absolute Gasteiger partial charge is 0.322 e. The van der Waals surface area contributed by atoms with Crippen molar-refractivity contribution in [3.8, 4) is 0 Å². The van der Waals surface area contributed by atoms with Crippen molar-refractivity contribution in [2.45, 2.75) is 11.3 Å². The van der Waals surface area contributed by atoms with Crippen LogP contribution in [0.3, 0.4) is 0 Å². The van der Waals surface area contributed by atoms with Crippen LogP contribution in [0, 0.1) is 0 Å². The lowest BCUT2D eigenvalue weighted by molar-refractivity contribution is 0.102. The van der Waals surface area contributed by atoms with Gasteiger partial charge < -0.3 is 5.32 Å². The lowest BCUT2D eigenvalue weighted by Gasteiger charge is -2.19. The Morgan fingerprint density at radius 1 is 1.00 bits per heavy atom. The van der Waals surface area contributed by atoms with E-state index in [2.05, 4.69) is 10.3 Å². The molecular formula is C20H17N3O3S. The maximum absolute atomic E-state index is 13.0. The molecular weight excluding hydrogens is 362 g/mol. The van der Waals surface area contributed by atoms with Gasteiger partial charge in [0.2, 0.25) is 0 Å². The summed E-state index contributed by atoms with van der Waals surface area (Å²) >= 11 is 0. The number of fused-ring (bicyclic) bond motifs is 1. The Kier molecular flexibility index (Phi) is 4.37. The van der Waals surface area contributed by atoms with Crippen LogP contribution in [0.1, 0.15) is 15.9 Å². The summed E-state index contributed by atoms with van der Waals surface area (Å²) in [5.41, 5.74) is 2.71. The molecule has 0 saturated carbocycles. The number of anilines is 2. The van der Waals surface area contributed by atoms with Crippen molar-refractivity contribution >= 4 is 27.3 Å². The number of pyridine rings is 1. The zero-order valence-electron chi connectivity index (χ0n) is 14.4. The number of carbonyl (C=O) groups excluding carboxylic acids is 1. The van der Waals surface area contributed by atoms with Crippen molar-refractivity contribution in [2.24, 2.45) is 0 Å². The number of hydrogen-bond acceptors (Lipinski definition) is 4. The van der Waals surface area contributed by atoms with Gasteiger partial charge in [0, 0.05) is 24.6 Å². The summed E-state index contributed by atoms with van der Waals surface area (Å²) in [5, 5.41) is 2.73. The first kappa shape index (κ1) is 17.2. The maximum atomic E-state index is 13.0. The van der Waals surface area contributed by atoms with E-state index in [9.17, 15) is 13.2 Å². The smallest absolute Gasteiger partial charge is 0.264 e. The molecule has 1 aliphatic rings. The Labute approximate surface area is 157 Å². The van der Waals surface area contributed by atoms with Crippen molar-refractivity contribution in [3.05, 3.63) is 84.2 Å². The van der Waals surface area contributed by atoms with Crippen LogP contribution in [0.2, 0.25) is 0 Å². The van der Waals surface area contributed by atoms with Crippen LogP contribution in [0.15, 0.2) is 78.0 Å². The van der Waals surface area contributed by atoms with Crippen molar-refractivity contribution in [2.75, 3.05) is 16.2 Å². The average molecular weight is 379 g/mol. The molecule has 1 N–H and O–H groups in total. The zero-order valence-corrected chi connectivity index (χ0v) is 15.2. The molecule has 0 spiro atoms. The second kappa shape index (κ2) is 6.85. The third kappa shape index (κ3) is 3.29. The molecule has 6 nitrogen and oxygen atoms in total. The monoisotopic (exact) mass is 379 g/mol. The summed E-state index contributed by atoms with van der Waals surface area (Å²) in [6, 6.07) is 17.0. The fourth-order valence-corrected chi connectivity index (χ4v) is 4.60. The second-order valence-electron chi connectivity index (χ2n) is 6.18. The van der Waals surface area contributed by atoms with Gasteiger partial charge in [0.05, 0.1) is 16.1 Å². The summed E-state index contributed by atoms with van der Waals surface area (Å²) in [7, 11) is -3.64. The number of aromatic nitrogens is 1. The summed E-state index contributed by atoms with van der Waals surface area (Å²) in [6.45, 7) is 0.432. The molecule has 0 atom stereocenters. The normalized spacial score (nSPS) is 13.3. The van der Waals surface area contributed by atoms with Crippen LogP contribution in [0.25, 0.3) is 0 Å². The van der Waals surface area contributed by atoms with Crippen LogP contribution in [0.4, 0.5) is 11.4 Å². The highest BCUT2D eigenvalue weighted by atomic mass is 32.2. The zero-order chi connectivity index (χ0) is 18.9. The summed E-state index contributed by atoms with van der Waals surface area (Å²) < 4.78 is 27.4. The number of nitrogens with zero attached hydrogens (tertiary/aromatic N) is 2. The van der Waals surface area contributed by atoms with Gasteiger partial charge in [0.15, 0.2) is 0 Å². The first-order chi connectivity index (χ1) is 13.1. The van der Waals surface area contributed by atoms with Gasteiger partial charge in [-0.25, -0.2) is 8.42 Å². The molecule has 1 aliphatic heterocycles. The van der Waals surface area contributed by atoms with Crippen LogP contribution in [-0.4, -0.2) is 25.9 Å². The maximum Gasteiger partial charge on any atom is 0.264 e. The molecule has 2 aromatic carbocycles. The molecule has 1 aromatic heterocycles. The SMILES string of the molecule is O=C(Nc1ccc(S(=O)(=O)N2CCc3ccccc32)cc1)c1cccnc1. The Bertz CT molecular complexity index is 1080. The molecule has 0 fully saturated rings. The minimum Gasteiger partial charge on any atom is -0.322 e. The Morgan fingerprint density at radius 2 is 1.78 bits per heavy atom. The highest BCUT2D eigenvalue weighted by molar-refractivity contribution is 7.92. The number of para-hydroxylation sites is 1. The van der Waals surface area contributed by atoms with E-state index in [4.69, 9.17) is 0 Å². The molecule has 0 saturated heterocycles. The summed E-state index contributed by atoms with van der Waals surface area (Å²) in [5.74, 6) is -0.299. The molecule has 0 unspecified atom stereocenters. The lowest BCUT2D eigenvalue weighted by Crippen LogP contribution is -2.29. The predicted molar refractivity (Wildman–Crippen MR) is 103 cm³/mol. The number of sulfonamides is 1. The highest BCUT2D eigenvalue weighted by Crippen LogP contribution is 2.32. The number of amides is 1. The van der Waals surface area contributed by atoms with E-state index >= 15 is 0 Å². The second-order valence-corrected chi connectivity index (χ2v) is 8.04. The van der Waals surface area contributed by atoms with Gasteiger partial charge in [-0.05, 0) is 54.4 Å². The average Bonchev–Trinajstić information content (AvgIpc) is 3.14. The van der Waals surface area contributed by atoms with E-state index in [-0.39, 0.29) is 10.8 Å². The minimum atomic E-state index is -3.64. The van der Waals surface area contributed by atoms with Gasteiger partial charge in [0.1, 0.15) is 0 Å². The minimum absolute atomic E-state index is 0.193. The number of rotatable bonds is 4. The molecule has 0 bridgehead atoms. The van der Waals surface area contributed by atoms with Crippen molar-refractivity contribution in [1.29, 1.82) is 0 Å². The molecule has 0 aliphatic carbocycles. The third-order valence-corrected chi connectivity index (χ3v) is 6.30. The van der Waals surface area contributed by atoms with E-state index in [0.29, 0.717) is 24.2 Å². The standard InChI is InChI=1S/C20H17N3O3S/c24-20(16-5-3-12-21-14-16)22-17-7-9-18(10-8-17)27(25,26)23-13-11-15-4-1-2-6-19(15)23/h1-10,12,14H,11,13H2,(H,22,24). The molecule has 7 heteroatoms. The lowest BCUT2D eigenvalue weighted by atomic mass is 10.2. The van der Waals surface area contributed by atoms with Crippen LogP contribution in [-0.2, 0) is 16.4 Å². The van der Waals surface area contributed by atoms with Gasteiger partial charge in [-0.3, -0.25) is 14.1 Å². The van der Waals surface area contributed by atoms with Gasteiger partial charge in [-0.2, -0.15) is 0 Å². The predicted octanol–water partition coefficient (Wildman–Crippen LogP) is 3.09. The van der Waals surface area contributed by atoms with E-state index in [1.807, 2.05) is 24.3 Å². The molecule has 2 heterocycles. The van der Waals surface area contributed by atoms with E-state index in [1.165, 1.54) is 22.6 Å². The summed E-state index contributed by atoms with van der Waals surface area (Å²) in [4.78, 5) is 16.3. The molecule has 1 amide bonds. The fraction of sp³-hybridized carbons (Fsp3) is 0.100. The van der Waals surface area contributed by atoms with E-state index < -0.39 is 10.0 Å². The van der Waals surface area contributed by atoms with Gasteiger partial charge in [-0.1, -0.05) is 18.2 Å². The first-order valence-corrected chi connectivity index (χ1v) is 9.92. The fourth-order valence-electron chi connectivity index (χ4n) is 3.10. The number of nitrogens with one attached hydrogen (secondary N) is 1. The molecule has 3 aromatic rings. The Morgan fingerprint density at radius 3 is 2.52 bits per heavy atom. The molecule has 0 radical (unpaired) electrons. The third-order valence-electron chi connectivity index (χ3n) is 4.47. The van der Waals surface area contributed by atoms with Crippen LogP contribution >= 0.6 is 0 Å². The highest BCUT2D eigenvalue weighted by Gasteiger charge is 2.30. The van der Waals surface area contributed by atoms with Gasteiger partial charge >= 0.3 is 0 Å². The quantitative estimate of drug-likeness (QED) is 0.755. The van der Waals surface area contributed by atoms with Gasteiger partial charge in [0.25, 0.3) is 15.9 Å². The molecule has 27 heavy (non-hydrogen) atoms. The Balaban J connectivity index is 1.55. The van der Waals surface area contributed by atoms with Gasteiger partial charge in [-0.15, -0.1) is 0 Å². The number of benzene rings is 2. The topological polar surface area (TPSA) is 79.4 Å². The number of hydrogen-bond donors (Lipinski definition) is 1. The molecule has 4 rings (SSSR count). The van der Waals surface area contributed by atoms with Crippen molar-refractivity contribution in [3.63, 3.8) is 0 Å². The van der Waals surface area contributed by atoms with Crippen LogP contribution < -0.4 is 9.62 Å². The molecule has 136 valence electrons. The van der Waals surface area contributed by atoms with E-state index in [1.54, 1.807) is 30.5 Å². The Hall–Kier alpha value is -3.19. The number of carbonyl (C=O) groups is 1. The van der Waals surface area contributed by atoms with E-state index in [0.717, 1.165) is 11.3 Å². The van der Waals surface area contributed by atoms with Crippen molar-refractivity contribution < 1.29 is 13.2 Å². The van der Waals surface area contributed by atoms with Crippen LogP contribution in [0.5, 0.6) is 0 Å². The van der Waals surface area contributed by atoms with Crippen molar-refractivity contribution in [1.82, 2.24) is 4.98 Å². The summed E-state index contributed by atoms with van der Waals surface area (Å²) in [6.07, 6.45) is 3.76. The first-order valence-electron chi connectivity index (χ1n) is 8.48.